The molecule has 0 saturated heterocycles. The molecule has 19 nitrogen and oxygen atoms in total. The minimum Gasteiger partial charge on any atom is -0.481 e. The summed E-state index contributed by atoms with van der Waals surface area (Å²) in [5, 5.41) is 35.7. The second-order valence-electron chi connectivity index (χ2n) is 17.1. The number of carbonyl (C=O) groups is 10. The molecule has 2 aromatic carbocycles. The zero-order chi connectivity index (χ0) is 50.1. The van der Waals surface area contributed by atoms with Gasteiger partial charge >= 0.3 is 18.1 Å². The molecule has 2 aromatic rings. The van der Waals surface area contributed by atoms with Gasteiger partial charge in [0.25, 0.3) is 5.91 Å². The molecule has 6 atom stereocenters. The molecule has 0 aromatic heterocycles. The van der Waals surface area contributed by atoms with Crippen LogP contribution in [0.25, 0.3) is 0 Å². The van der Waals surface area contributed by atoms with Crippen LogP contribution in [-0.2, 0) is 49.6 Å². The molecule has 22 heteroatoms. The first kappa shape index (κ1) is 55.3. The number of aliphatic carboxylic acids is 2. The summed E-state index contributed by atoms with van der Waals surface area (Å²) in [6.07, 6.45) is -9.11. The van der Waals surface area contributed by atoms with Crippen LogP contribution in [0.5, 0.6) is 0 Å². The Bertz CT molecular complexity index is 2090. The molecule has 0 aliphatic heterocycles. The van der Waals surface area contributed by atoms with E-state index in [1.165, 1.54) is 31.2 Å². The van der Waals surface area contributed by atoms with Crippen molar-refractivity contribution in [3.8, 4) is 0 Å². The van der Waals surface area contributed by atoms with E-state index in [1.54, 1.807) is 65.8 Å². The molecular weight excluding hydrogens is 876 g/mol. The molecule has 0 fully saturated rings. The molecule has 0 heterocycles. The van der Waals surface area contributed by atoms with Crippen molar-refractivity contribution in [3.63, 3.8) is 0 Å². The maximum absolute atomic E-state index is 14.3. The maximum atomic E-state index is 14.3. The summed E-state index contributed by atoms with van der Waals surface area (Å²) in [5.74, 6) is -9.82. The van der Waals surface area contributed by atoms with Crippen LogP contribution in [0.15, 0.2) is 48.5 Å². The molecular formula is C44H58F3N7O12. The zero-order valence-corrected chi connectivity index (χ0v) is 37.6. The van der Waals surface area contributed by atoms with Crippen molar-refractivity contribution in [2.75, 3.05) is 5.32 Å². The number of aldehydes is 1. The van der Waals surface area contributed by atoms with Crippen LogP contribution in [0.2, 0.25) is 0 Å². The summed E-state index contributed by atoms with van der Waals surface area (Å²) in [7, 11) is 0. The third-order valence-electron chi connectivity index (χ3n) is 9.76. The number of carbonyl (C=O) groups excluding carboxylic acids is 8. The van der Waals surface area contributed by atoms with Crippen LogP contribution >= 0.6 is 0 Å². The molecule has 362 valence electrons. The van der Waals surface area contributed by atoms with Crippen LogP contribution in [0.3, 0.4) is 0 Å². The topological polar surface area (TPSA) is 295 Å². The molecule has 66 heavy (non-hydrogen) atoms. The van der Waals surface area contributed by atoms with Crippen molar-refractivity contribution >= 4 is 65.3 Å². The summed E-state index contributed by atoms with van der Waals surface area (Å²) in [4.78, 5) is 129. The lowest BCUT2D eigenvalue weighted by atomic mass is 9.85. The molecule has 1 unspecified atom stereocenters. The fourth-order valence-electron chi connectivity index (χ4n) is 6.43. The number of carboxylic acids is 2. The number of alkyl halides is 3. The van der Waals surface area contributed by atoms with Gasteiger partial charge in [0.05, 0.1) is 18.9 Å². The SMILES string of the molecule is CC(=O)Nc1ccc(C(=O)N[C@@H](CC(=O)O)C(=O)N[C@@H](CCC(=O)O)C(=O)N[C@@H](Cc2ccccc2C)C(=O)N[C@H](C(=O)N[C@@H](CC(C)C)C(=O)NC(C=O)CC(F)(F)F)C(C)(C)C)cc1. The monoisotopic (exact) mass is 933 g/mol. The van der Waals surface area contributed by atoms with Crippen molar-refractivity contribution in [1.29, 1.82) is 0 Å². The van der Waals surface area contributed by atoms with E-state index in [4.69, 9.17) is 0 Å². The van der Waals surface area contributed by atoms with Gasteiger partial charge in [-0.25, -0.2) is 0 Å². The third kappa shape index (κ3) is 19.5. The normalized spacial score (nSPS) is 14.2. The highest BCUT2D eigenvalue weighted by atomic mass is 19.4. The number of benzene rings is 2. The van der Waals surface area contributed by atoms with Gasteiger partial charge in [0.15, 0.2) is 0 Å². The number of anilines is 1. The predicted molar refractivity (Wildman–Crippen MR) is 231 cm³/mol. The number of aryl methyl sites for hydroxylation is 1. The average molecular weight is 934 g/mol. The minimum atomic E-state index is -4.80. The first-order valence-electron chi connectivity index (χ1n) is 20.8. The third-order valence-corrected chi connectivity index (χ3v) is 9.76. The van der Waals surface area contributed by atoms with E-state index >= 15 is 0 Å². The molecule has 2 rings (SSSR count). The van der Waals surface area contributed by atoms with E-state index in [0.29, 0.717) is 16.8 Å². The Hall–Kier alpha value is -6.87. The largest absolute Gasteiger partial charge is 0.481 e. The lowest BCUT2D eigenvalue weighted by Gasteiger charge is -2.34. The van der Waals surface area contributed by atoms with E-state index < -0.39 is 121 Å². The summed E-state index contributed by atoms with van der Waals surface area (Å²) < 4.78 is 39.2. The molecule has 0 radical (unpaired) electrons. The van der Waals surface area contributed by atoms with Crippen molar-refractivity contribution in [3.05, 3.63) is 65.2 Å². The number of amides is 7. The van der Waals surface area contributed by atoms with Crippen LogP contribution < -0.4 is 37.2 Å². The van der Waals surface area contributed by atoms with Crippen molar-refractivity contribution in [2.45, 2.75) is 129 Å². The summed E-state index contributed by atoms with van der Waals surface area (Å²) in [6.45, 7) is 11.0. The van der Waals surface area contributed by atoms with Gasteiger partial charge in [-0.05, 0) is 66.5 Å². The van der Waals surface area contributed by atoms with E-state index in [9.17, 15) is 71.3 Å². The predicted octanol–water partition coefficient (Wildman–Crippen LogP) is 2.30. The Kier molecular flexibility index (Phi) is 20.9. The Balaban J connectivity index is 2.48. The minimum absolute atomic E-state index is 0.0362. The number of halogens is 3. The van der Waals surface area contributed by atoms with Crippen LogP contribution in [0.1, 0.15) is 95.1 Å². The van der Waals surface area contributed by atoms with Gasteiger partial charge in [0, 0.05) is 31.0 Å². The van der Waals surface area contributed by atoms with Gasteiger partial charge < -0.3 is 52.2 Å². The fourth-order valence-corrected chi connectivity index (χ4v) is 6.43. The van der Waals surface area contributed by atoms with E-state index in [0.717, 1.165) is 0 Å². The molecule has 0 aliphatic carbocycles. The lowest BCUT2D eigenvalue weighted by Crippen LogP contribution is -2.62. The smallest absolute Gasteiger partial charge is 0.391 e. The van der Waals surface area contributed by atoms with Crippen molar-refractivity contribution < 1.29 is 71.3 Å². The van der Waals surface area contributed by atoms with E-state index in [1.807, 2.05) is 5.32 Å². The van der Waals surface area contributed by atoms with E-state index in [-0.39, 0.29) is 36.5 Å². The zero-order valence-electron chi connectivity index (χ0n) is 37.6. The standard InChI is InChI=1S/C44H58F3N7O12/c1-23(2)18-31(39(63)49-29(22-55)21-44(45,46)47)53-42(66)36(43(5,6)7)54-41(65)32(19-27-11-9-8-10-24(27)3)52-38(62)30(16-17-34(57)58)50-40(64)33(20-35(59)60)51-37(61)26-12-14-28(15-13-26)48-25(4)56/h8-15,22-23,29-33,36H,16-21H2,1-7H3,(H,48,56)(H,49,63)(H,50,64)(H,51,61)(H,52,62)(H,53,66)(H,54,65)(H,57,58)(H,59,60)/t29?,30-,31-,32-,33-,36+/m0/s1. The Labute approximate surface area is 379 Å². The average Bonchev–Trinajstić information content (AvgIpc) is 3.19. The lowest BCUT2D eigenvalue weighted by molar-refractivity contribution is -0.147. The Morgan fingerprint density at radius 3 is 1.74 bits per heavy atom. The van der Waals surface area contributed by atoms with Gasteiger partial charge in [-0.2, -0.15) is 13.2 Å². The highest BCUT2D eigenvalue weighted by Crippen LogP contribution is 2.23. The number of hydrogen-bond acceptors (Lipinski definition) is 10. The Morgan fingerprint density at radius 1 is 0.682 bits per heavy atom. The second-order valence-corrected chi connectivity index (χ2v) is 17.1. The summed E-state index contributed by atoms with van der Waals surface area (Å²) in [6, 6.07) is 2.08. The van der Waals surface area contributed by atoms with E-state index in [2.05, 4.69) is 31.9 Å². The highest BCUT2D eigenvalue weighted by Gasteiger charge is 2.39. The molecule has 7 amide bonds. The fraction of sp³-hybridized carbons (Fsp3) is 0.500. The summed E-state index contributed by atoms with van der Waals surface area (Å²) in [5.41, 5.74) is 0.377. The summed E-state index contributed by atoms with van der Waals surface area (Å²) >= 11 is 0. The molecule has 0 aliphatic rings. The van der Waals surface area contributed by atoms with Crippen molar-refractivity contribution in [2.24, 2.45) is 11.3 Å². The molecule has 9 N–H and O–H groups in total. The second kappa shape index (κ2) is 25.0. The number of carboxylic acid groups (broad SMARTS) is 2. The first-order valence-corrected chi connectivity index (χ1v) is 20.8. The highest BCUT2D eigenvalue weighted by molar-refractivity contribution is 6.01. The Morgan fingerprint density at radius 2 is 1.23 bits per heavy atom. The van der Waals surface area contributed by atoms with Crippen molar-refractivity contribution in [1.82, 2.24) is 31.9 Å². The molecule has 0 saturated carbocycles. The van der Waals surface area contributed by atoms with Gasteiger partial charge in [-0.3, -0.25) is 43.2 Å². The number of hydrogen-bond donors (Lipinski definition) is 9. The van der Waals surface area contributed by atoms with Crippen LogP contribution in [-0.4, -0.2) is 112 Å². The van der Waals surface area contributed by atoms with Crippen LogP contribution in [0.4, 0.5) is 18.9 Å². The molecule has 0 spiro atoms. The van der Waals surface area contributed by atoms with Gasteiger partial charge in [-0.1, -0.05) is 58.9 Å². The van der Waals surface area contributed by atoms with Gasteiger partial charge in [0.1, 0.15) is 36.5 Å². The number of nitrogens with one attached hydrogen (secondary N) is 7. The molecule has 0 bridgehead atoms. The number of rotatable bonds is 24. The first-order chi connectivity index (χ1) is 30.6. The van der Waals surface area contributed by atoms with Crippen LogP contribution in [0, 0.1) is 18.3 Å². The quantitative estimate of drug-likeness (QED) is 0.0686. The van der Waals surface area contributed by atoms with Gasteiger partial charge in [-0.15, -0.1) is 0 Å². The maximum Gasteiger partial charge on any atom is 0.391 e. The van der Waals surface area contributed by atoms with Gasteiger partial charge in [0.2, 0.25) is 35.4 Å².